The molecule has 0 aliphatic rings. The van der Waals surface area contributed by atoms with Gasteiger partial charge in [-0.25, -0.2) is 5.53 Å². The van der Waals surface area contributed by atoms with Crippen molar-refractivity contribution < 1.29 is 5.11 Å². The molecule has 0 spiro atoms. The molecule has 0 aliphatic carbocycles. The van der Waals surface area contributed by atoms with Crippen LogP contribution in [-0.4, -0.2) is 21.8 Å². The van der Waals surface area contributed by atoms with Gasteiger partial charge in [-0.15, -0.1) is 15.3 Å². The van der Waals surface area contributed by atoms with E-state index in [4.69, 9.17) is 16.3 Å². The van der Waals surface area contributed by atoms with Gasteiger partial charge in [0.2, 0.25) is 17.6 Å². The molecule has 0 saturated carbocycles. The van der Waals surface area contributed by atoms with Crippen LogP contribution >= 0.6 is 0 Å². The fraction of sp³-hybridized carbons (Fsp3) is 0. The molecule has 1 heterocycles. The molecule has 90 valence electrons. The number of para-hydroxylation sites is 1. The maximum atomic E-state index is 9.65. The van der Waals surface area contributed by atoms with Crippen LogP contribution in [0, 0.1) is 16.3 Å². The van der Waals surface area contributed by atoms with Crippen LogP contribution in [0.5, 0.6) is 5.88 Å². The summed E-state index contributed by atoms with van der Waals surface area (Å²) in [5.41, 5.74) is 7.45. The van der Waals surface area contributed by atoms with Crippen molar-refractivity contribution in [2.75, 3.05) is 0 Å². The number of hydrogen-bond acceptors (Lipinski definition) is 5. The van der Waals surface area contributed by atoms with E-state index in [1.807, 2.05) is 0 Å². The van der Waals surface area contributed by atoms with E-state index in [0.717, 1.165) is 0 Å². The van der Waals surface area contributed by atoms with Crippen molar-refractivity contribution in [2.45, 2.75) is 0 Å². The number of aromatic nitrogens is 1. The number of fused-ring (bicyclic) bond motifs is 1. The molecular formula is C10H9N7O. The number of aromatic amines is 1. The van der Waals surface area contributed by atoms with E-state index in [9.17, 15) is 5.11 Å². The molecule has 2 rings (SSSR count). The Bertz CT molecular complexity index is 670. The van der Waals surface area contributed by atoms with Gasteiger partial charge < -0.3 is 10.1 Å². The first-order valence-electron chi connectivity index (χ1n) is 4.90. The van der Waals surface area contributed by atoms with E-state index in [2.05, 4.69) is 20.3 Å². The summed E-state index contributed by atoms with van der Waals surface area (Å²) >= 11 is 0. The first-order valence-corrected chi connectivity index (χ1v) is 4.90. The van der Waals surface area contributed by atoms with Gasteiger partial charge >= 0.3 is 0 Å². The average molecular weight is 243 g/mol. The van der Waals surface area contributed by atoms with Crippen LogP contribution in [0.2, 0.25) is 0 Å². The maximum Gasteiger partial charge on any atom is 0.218 e. The Morgan fingerprint density at radius 3 is 2.61 bits per heavy atom. The van der Waals surface area contributed by atoms with Crippen molar-refractivity contribution >= 4 is 28.3 Å². The molecule has 18 heavy (non-hydrogen) atoms. The van der Waals surface area contributed by atoms with Crippen molar-refractivity contribution in [3.63, 3.8) is 0 Å². The Kier molecular flexibility index (Phi) is 2.92. The fourth-order valence-electron chi connectivity index (χ4n) is 1.41. The number of amidine groups is 2. The topological polar surface area (TPSA) is 145 Å². The zero-order valence-corrected chi connectivity index (χ0v) is 9.10. The third kappa shape index (κ3) is 1.98. The second kappa shape index (κ2) is 4.53. The number of nitrogens with zero attached hydrogens (tertiary/aromatic N) is 3. The Labute approximate surface area is 101 Å². The van der Waals surface area contributed by atoms with Crippen LogP contribution < -0.4 is 0 Å². The van der Waals surface area contributed by atoms with Gasteiger partial charge in [0.1, 0.15) is 0 Å². The molecular weight excluding hydrogens is 234 g/mol. The van der Waals surface area contributed by atoms with Gasteiger partial charge in [0, 0.05) is 5.39 Å². The van der Waals surface area contributed by atoms with Crippen molar-refractivity contribution in [1.29, 1.82) is 16.3 Å². The van der Waals surface area contributed by atoms with Crippen LogP contribution in [0.4, 0.5) is 5.69 Å². The molecule has 1 aromatic heterocycles. The first kappa shape index (κ1) is 11.6. The highest BCUT2D eigenvalue weighted by Gasteiger charge is 2.10. The minimum Gasteiger partial charge on any atom is -0.493 e. The van der Waals surface area contributed by atoms with E-state index >= 15 is 0 Å². The maximum absolute atomic E-state index is 9.65. The lowest BCUT2D eigenvalue weighted by Crippen LogP contribution is -2.03. The lowest BCUT2D eigenvalue weighted by atomic mass is 10.2. The normalized spacial score (nSPS) is 10.9. The molecule has 1 aromatic carbocycles. The monoisotopic (exact) mass is 243 g/mol. The van der Waals surface area contributed by atoms with Crippen LogP contribution in [0.1, 0.15) is 0 Å². The highest BCUT2D eigenvalue weighted by Crippen LogP contribution is 2.35. The Morgan fingerprint density at radius 1 is 1.17 bits per heavy atom. The number of rotatable bonds is 1. The summed E-state index contributed by atoms with van der Waals surface area (Å²) in [7, 11) is 0. The Morgan fingerprint density at radius 2 is 1.89 bits per heavy atom. The van der Waals surface area contributed by atoms with Crippen LogP contribution in [-0.2, 0) is 0 Å². The van der Waals surface area contributed by atoms with Crippen molar-refractivity contribution in [2.24, 2.45) is 15.3 Å². The number of azo groups is 1. The average Bonchev–Trinajstić information content (AvgIpc) is 2.70. The molecule has 2 aromatic rings. The Hall–Kier alpha value is -2.90. The lowest BCUT2D eigenvalue weighted by Gasteiger charge is -1.92. The molecule has 0 bridgehead atoms. The second-order valence-electron chi connectivity index (χ2n) is 3.38. The molecule has 0 atom stereocenters. The summed E-state index contributed by atoms with van der Waals surface area (Å²) in [5, 5.41) is 34.6. The van der Waals surface area contributed by atoms with Gasteiger partial charge in [-0.3, -0.25) is 10.8 Å². The van der Waals surface area contributed by atoms with Crippen molar-refractivity contribution in [3.05, 3.63) is 24.3 Å². The number of benzene rings is 1. The molecule has 0 aliphatic heterocycles. The molecule has 0 saturated heterocycles. The number of H-pyrrole nitrogens is 1. The molecule has 8 nitrogen and oxygen atoms in total. The summed E-state index contributed by atoms with van der Waals surface area (Å²) in [6.45, 7) is 0. The standard InChI is InChI=1S/C10H9N7O/c11-8(15-13)9(12)17-16-7-5-3-1-2-4-6(5)14-10(7)18/h1-4,11-14,18H. The minimum atomic E-state index is -0.599. The lowest BCUT2D eigenvalue weighted by molar-refractivity contribution is 0.459. The molecule has 5 N–H and O–H groups in total. The molecule has 0 unspecified atom stereocenters. The largest absolute Gasteiger partial charge is 0.493 e. The predicted octanol–water partition coefficient (Wildman–Crippen LogP) is 2.94. The smallest absolute Gasteiger partial charge is 0.218 e. The van der Waals surface area contributed by atoms with E-state index in [1.165, 1.54) is 0 Å². The van der Waals surface area contributed by atoms with Crippen LogP contribution in [0.3, 0.4) is 0 Å². The van der Waals surface area contributed by atoms with Gasteiger partial charge in [-0.2, -0.15) is 0 Å². The van der Waals surface area contributed by atoms with Gasteiger partial charge in [0.25, 0.3) is 0 Å². The van der Waals surface area contributed by atoms with E-state index in [1.54, 1.807) is 24.3 Å². The van der Waals surface area contributed by atoms with Crippen molar-refractivity contribution in [1.82, 2.24) is 4.98 Å². The molecule has 8 heteroatoms. The van der Waals surface area contributed by atoms with E-state index in [0.29, 0.717) is 10.9 Å². The molecule has 0 amide bonds. The minimum absolute atomic E-state index is 0.165. The first-order chi connectivity index (χ1) is 8.63. The van der Waals surface area contributed by atoms with E-state index in [-0.39, 0.29) is 11.6 Å². The third-order valence-corrected chi connectivity index (χ3v) is 2.25. The fourth-order valence-corrected chi connectivity index (χ4v) is 1.41. The quantitative estimate of drug-likeness (QED) is 0.292. The Balaban J connectivity index is 2.40. The van der Waals surface area contributed by atoms with E-state index < -0.39 is 11.7 Å². The van der Waals surface area contributed by atoms with Gasteiger partial charge in [-0.05, 0) is 6.07 Å². The third-order valence-electron chi connectivity index (χ3n) is 2.25. The zero-order valence-electron chi connectivity index (χ0n) is 9.10. The highest BCUT2D eigenvalue weighted by atomic mass is 16.3. The highest BCUT2D eigenvalue weighted by molar-refractivity contribution is 6.38. The molecule has 0 radical (unpaired) electrons. The van der Waals surface area contributed by atoms with Gasteiger partial charge in [-0.1, -0.05) is 18.2 Å². The second-order valence-corrected chi connectivity index (χ2v) is 3.38. The number of nitrogens with one attached hydrogen (secondary N) is 4. The zero-order chi connectivity index (χ0) is 13.1. The number of aromatic hydroxyl groups is 1. The van der Waals surface area contributed by atoms with Gasteiger partial charge in [0.05, 0.1) is 5.52 Å². The summed E-state index contributed by atoms with van der Waals surface area (Å²) in [6, 6.07) is 7.08. The summed E-state index contributed by atoms with van der Waals surface area (Å²) in [6.07, 6.45) is 0. The van der Waals surface area contributed by atoms with Gasteiger partial charge in [0.15, 0.2) is 5.69 Å². The molecule has 0 fully saturated rings. The predicted molar refractivity (Wildman–Crippen MR) is 65.1 cm³/mol. The van der Waals surface area contributed by atoms with Crippen molar-refractivity contribution in [3.8, 4) is 5.88 Å². The summed E-state index contributed by atoms with van der Waals surface area (Å²) < 4.78 is 0. The summed E-state index contributed by atoms with van der Waals surface area (Å²) in [5.74, 6) is -1.31. The number of hydrogen-bond donors (Lipinski definition) is 5. The van der Waals surface area contributed by atoms with Crippen LogP contribution in [0.15, 0.2) is 39.6 Å². The SMILES string of the molecule is N=NC(=N)C(=N)N=Nc1c(O)[nH]c2ccccc12. The summed E-state index contributed by atoms with van der Waals surface area (Å²) in [4.78, 5) is 2.71. The van der Waals surface area contributed by atoms with Crippen LogP contribution in [0.25, 0.3) is 10.9 Å².